The molecule has 1 aliphatic heterocycles. The topological polar surface area (TPSA) is 40.2 Å². The lowest BCUT2D eigenvalue weighted by Crippen LogP contribution is -2.45. The normalized spacial score (nSPS) is 18.0. The first-order chi connectivity index (χ1) is 6.95. The highest BCUT2D eigenvalue weighted by Gasteiger charge is 2.07. The predicted molar refractivity (Wildman–Crippen MR) is 57.2 cm³/mol. The molecule has 1 fully saturated rings. The first kappa shape index (κ1) is 9.43. The molecule has 4 nitrogen and oxygen atoms in total. The van der Waals surface area contributed by atoms with Gasteiger partial charge in [-0.3, -0.25) is 9.88 Å². The Morgan fingerprint density at radius 1 is 1.29 bits per heavy atom. The van der Waals surface area contributed by atoms with E-state index in [9.17, 15) is 0 Å². The smallest absolute Gasteiger partial charge is 0.0679 e. The fraction of sp³-hybridized carbons (Fsp3) is 0.500. The number of pyridine rings is 1. The molecule has 0 atom stereocenters. The van der Waals surface area contributed by atoms with Crippen molar-refractivity contribution in [2.45, 2.75) is 0 Å². The van der Waals surface area contributed by atoms with Crippen LogP contribution in [0.3, 0.4) is 0 Å². The van der Waals surface area contributed by atoms with Gasteiger partial charge in [0.15, 0.2) is 0 Å². The average Bonchev–Trinajstić information content (AvgIpc) is 2.29. The van der Waals surface area contributed by atoms with Crippen molar-refractivity contribution >= 4 is 5.69 Å². The summed E-state index contributed by atoms with van der Waals surface area (Å²) in [5, 5.41) is 6.71. The van der Waals surface area contributed by atoms with Crippen LogP contribution in [0.2, 0.25) is 0 Å². The quantitative estimate of drug-likeness (QED) is 0.725. The molecule has 2 N–H and O–H groups in total. The second kappa shape index (κ2) is 4.93. The van der Waals surface area contributed by atoms with Crippen LogP contribution in [0.1, 0.15) is 0 Å². The summed E-state index contributed by atoms with van der Waals surface area (Å²) in [6.07, 6.45) is 3.61. The van der Waals surface area contributed by atoms with E-state index in [0.29, 0.717) is 0 Å². The lowest BCUT2D eigenvalue weighted by atomic mass is 10.4. The second-order valence-corrected chi connectivity index (χ2v) is 3.44. The van der Waals surface area contributed by atoms with E-state index in [2.05, 4.69) is 20.5 Å². The van der Waals surface area contributed by atoms with Crippen LogP contribution in [0.15, 0.2) is 24.5 Å². The molecular weight excluding hydrogens is 176 g/mol. The molecule has 0 aromatic carbocycles. The van der Waals surface area contributed by atoms with Gasteiger partial charge in [-0.1, -0.05) is 0 Å². The summed E-state index contributed by atoms with van der Waals surface area (Å²) in [6, 6.07) is 3.98. The minimum atomic E-state index is 0.922. The van der Waals surface area contributed by atoms with Crippen LogP contribution in [-0.2, 0) is 0 Å². The van der Waals surface area contributed by atoms with Crippen molar-refractivity contribution in [1.82, 2.24) is 15.2 Å². The number of hydrogen-bond acceptors (Lipinski definition) is 4. The van der Waals surface area contributed by atoms with Gasteiger partial charge in [0.25, 0.3) is 0 Å². The Bertz CT molecular complexity index is 256. The van der Waals surface area contributed by atoms with Crippen molar-refractivity contribution in [2.24, 2.45) is 0 Å². The van der Waals surface area contributed by atoms with E-state index in [1.54, 1.807) is 12.4 Å². The summed E-state index contributed by atoms with van der Waals surface area (Å²) < 4.78 is 0. The van der Waals surface area contributed by atoms with Gasteiger partial charge in [0.1, 0.15) is 0 Å². The van der Waals surface area contributed by atoms with Crippen molar-refractivity contribution in [2.75, 3.05) is 38.2 Å². The number of piperazine rings is 1. The summed E-state index contributed by atoms with van der Waals surface area (Å²) in [7, 11) is 0. The van der Waals surface area contributed by atoms with Crippen LogP contribution >= 0.6 is 0 Å². The van der Waals surface area contributed by atoms with E-state index >= 15 is 0 Å². The maximum atomic E-state index is 3.98. The highest BCUT2D eigenvalue weighted by Crippen LogP contribution is 2.03. The van der Waals surface area contributed by atoms with Gasteiger partial charge in [-0.2, -0.15) is 0 Å². The van der Waals surface area contributed by atoms with Crippen LogP contribution in [0.5, 0.6) is 0 Å². The van der Waals surface area contributed by atoms with Gasteiger partial charge in [-0.05, 0) is 12.1 Å². The first-order valence-corrected chi connectivity index (χ1v) is 5.02. The number of aromatic nitrogens is 1. The highest BCUT2D eigenvalue weighted by molar-refractivity contribution is 5.40. The minimum Gasteiger partial charge on any atom is -0.372 e. The molecule has 0 aliphatic carbocycles. The molecule has 0 bridgehead atoms. The predicted octanol–water partition coefficient (Wildman–Crippen LogP) is 0.356. The third-order valence-electron chi connectivity index (χ3n) is 2.40. The van der Waals surface area contributed by atoms with Gasteiger partial charge in [-0.15, -0.1) is 0 Å². The highest BCUT2D eigenvalue weighted by atomic mass is 15.3. The lowest BCUT2D eigenvalue weighted by Gasteiger charge is -2.27. The molecule has 14 heavy (non-hydrogen) atoms. The number of rotatable bonds is 3. The van der Waals surface area contributed by atoms with Gasteiger partial charge in [0.2, 0.25) is 0 Å². The Labute approximate surface area is 84.3 Å². The fourth-order valence-electron chi connectivity index (χ4n) is 1.54. The van der Waals surface area contributed by atoms with E-state index in [0.717, 1.165) is 38.5 Å². The van der Waals surface area contributed by atoms with Gasteiger partial charge in [-0.25, -0.2) is 0 Å². The Kier molecular flexibility index (Phi) is 3.32. The number of nitrogens with one attached hydrogen (secondary N) is 2. The minimum absolute atomic E-state index is 0.922. The van der Waals surface area contributed by atoms with Crippen LogP contribution in [0.4, 0.5) is 5.69 Å². The van der Waals surface area contributed by atoms with Gasteiger partial charge >= 0.3 is 0 Å². The van der Waals surface area contributed by atoms with Crippen LogP contribution in [-0.4, -0.2) is 42.7 Å². The first-order valence-electron chi connectivity index (χ1n) is 5.02. The third kappa shape index (κ3) is 2.68. The van der Waals surface area contributed by atoms with Crippen LogP contribution in [0, 0.1) is 0 Å². The van der Waals surface area contributed by atoms with E-state index in [4.69, 9.17) is 0 Å². The summed E-state index contributed by atoms with van der Waals surface area (Å²) in [5.74, 6) is 0. The molecule has 0 spiro atoms. The van der Waals surface area contributed by atoms with Crippen molar-refractivity contribution in [1.29, 1.82) is 0 Å². The second-order valence-electron chi connectivity index (χ2n) is 3.44. The molecule has 1 saturated heterocycles. The fourth-order valence-corrected chi connectivity index (χ4v) is 1.54. The summed E-state index contributed by atoms with van der Waals surface area (Å²) in [5.41, 5.74) is 1.14. The SMILES string of the molecule is c1cc(NCN2CCNCC2)ccn1. The zero-order valence-electron chi connectivity index (χ0n) is 8.24. The summed E-state index contributed by atoms with van der Waals surface area (Å²) in [4.78, 5) is 6.38. The van der Waals surface area contributed by atoms with Gasteiger partial charge < -0.3 is 10.6 Å². The number of anilines is 1. The molecule has 1 aliphatic rings. The molecule has 0 saturated carbocycles. The standard InChI is InChI=1S/C10H16N4/c1-3-11-4-2-10(1)13-9-14-7-5-12-6-8-14/h1-4,12H,5-9H2,(H,11,13). The van der Waals surface area contributed by atoms with E-state index in [1.165, 1.54) is 0 Å². The monoisotopic (exact) mass is 192 g/mol. The van der Waals surface area contributed by atoms with Crippen molar-refractivity contribution in [3.8, 4) is 0 Å². The van der Waals surface area contributed by atoms with Gasteiger partial charge in [0.05, 0.1) is 6.67 Å². The maximum Gasteiger partial charge on any atom is 0.0679 e. The average molecular weight is 192 g/mol. The molecule has 76 valence electrons. The molecular formula is C10H16N4. The van der Waals surface area contributed by atoms with E-state index < -0.39 is 0 Å². The number of hydrogen-bond donors (Lipinski definition) is 2. The largest absolute Gasteiger partial charge is 0.372 e. The van der Waals surface area contributed by atoms with Crippen molar-refractivity contribution in [3.05, 3.63) is 24.5 Å². The van der Waals surface area contributed by atoms with Crippen molar-refractivity contribution < 1.29 is 0 Å². The molecule has 0 radical (unpaired) electrons. The van der Waals surface area contributed by atoms with E-state index in [-0.39, 0.29) is 0 Å². The maximum absolute atomic E-state index is 3.98. The van der Waals surface area contributed by atoms with Crippen LogP contribution in [0.25, 0.3) is 0 Å². The molecule has 1 aromatic heterocycles. The summed E-state index contributed by atoms with van der Waals surface area (Å²) >= 11 is 0. The Hall–Kier alpha value is -1.13. The molecule has 0 unspecified atom stereocenters. The summed E-state index contributed by atoms with van der Waals surface area (Å²) in [6.45, 7) is 5.36. The lowest BCUT2D eigenvalue weighted by molar-refractivity contribution is 0.256. The molecule has 4 heteroatoms. The van der Waals surface area contributed by atoms with Crippen molar-refractivity contribution in [3.63, 3.8) is 0 Å². The van der Waals surface area contributed by atoms with Gasteiger partial charge in [0, 0.05) is 44.3 Å². The third-order valence-corrected chi connectivity index (χ3v) is 2.40. The number of nitrogens with zero attached hydrogens (tertiary/aromatic N) is 2. The zero-order valence-corrected chi connectivity index (χ0v) is 8.24. The molecule has 0 amide bonds. The Balaban J connectivity index is 1.76. The Morgan fingerprint density at radius 3 is 2.71 bits per heavy atom. The van der Waals surface area contributed by atoms with E-state index in [1.807, 2.05) is 12.1 Å². The molecule has 1 aromatic rings. The molecule has 2 heterocycles. The molecule has 2 rings (SSSR count). The Morgan fingerprint density at radius 2 is 2.00 bits per heavy atom. The zero-order chi connectivity index (χ0) is 9.64. The van der Waals surface area contributed by atoms with Crippen LogP contribution < -0.4 is 10.6 Å².